The molecule has 2 aromatic rings. The van der Waals surface area contributed by atoms with Gasteiger partial charge in [-0.1, -0.05) is 12.1 Å². The Balaban J connectivity index is 2.15. The Hall–Kier alpha value is -2.45. The van der Waals surface area contributed by atoms with Gasteiger partial charge in [0.25, 0.3) is 15.9 Å². The van der Waals surface area contributed by atoms with Gasteiger partial charge in [-0.05, 0) is 49.7 Å². The molecule has 0 unspecified atom stereocenters. The third-order valence-electron chi connectivity index (χ3n) is 3.05. The Kier molecular flexibility index (Phi) is 5.53. The number of hydrogen-bond acceptors (Lipinski definition) is 4. The van der Waals surface area contributed by atoms with Gasteiger partial charge in [-0.25, -0.2) is 12.8 Å². The monoisotopic (exact) mass is 352 g/mol. The van der Waals surface area contributed by atoms with Crippen molar-refractivity contribution < 1.29 is 22.3 Å². The number of rotatable bonds is 6. The topological polar surface area (TPSA) is 84.5 Å². The smallest absolute Gasteiger partial charge is 0.266 e. The Morgan fingerprint density at radius 1 is 1.21 bits per heavy atom. The molecule has 0 bridgehead atoms. The number of hydrazine groups is 1. The highest BCUT2D eigenvalue weighted by Crippen LogP contribution is 2.17. The highest BCUT2D eigenvalue weighted by molar-refractivity contribution is 7.89. The zero-order valence-corrected chi connectivity index (χ0v) is 14.0. The Morgan fingerprint density at radius 3 is 2.58 bits per heavy atom. The Bertz CT molecular complexity index is 853. The van der Waals surface area contributed by atoms with Gasteiger partial charge in [0, 0.05) is 5.56 Å². The fraction of sp³-hybridized carbons (Fsp3) is 0.188. The fourth-order valence-corrected chi connectivity index (χ4v) is 2.95. The molecule has 6 nitrogen and oxygen atoms in total. The molecule has 0 saturated heterocycles. The van der Waals surface area contributed by atoms with E-state index in [1.165, 1.54) is 18.2 Å². The van der Waals surface area contributed by atoms with Gasteiger partial charge in [0.2, 0.25) is 0 Å². The summed E-state index contributed by atoms with van der Waals surface area (Å²) >= 11 is 0. The van der Waals surface area contributed by atoms with Gasteiger partial charge in [0.05, 0.1) is 6.61 Å². The van der Waals surface area contributed by atoms with Crippen molar-refractivity contribution in [3.05, 3.63) is 59.4 Å². The summed E-state index contributed by atoms with van der Waals surface area (Å²) in [6, 6.07) is 9.70. The lowest BCUT2D eigenvalue weighted by Crippen LogP contribution is -2.41. The van der Waals surface area contributed by atoms with Gasteiger partial charge >= 0.3 is 0 Å². The first-order chi connectivity index (χ1) is 11.3. The van der Waals surface area contributed by atoms with E-state index in [4.69, 9.17) is 4.74 Å². The second-order valence-corrected chi connectivity index (χ2v) is 6.61. The van der Waals surface area contributed by atoms with Gasteiger partial charge in [0.15, 0.2) is 0 Å². The van der Waals surface area contributed by atoms with Crippen LogP contribution in [0.2, 0.25) is 0 Å². The lowest BCUT2D eigenvalue weighted by atomic mass is 10.1. The second kappa shape index (κ2) is 7.41. The number of nitrogens with one attached hydrogen (secondary N) is 2. The number of hydrogen-bond donors (Lipinski definition) is 2. The quantitative estimate of drug-likeness (QED) is 0.780. The number of ether oxygens (including phenoxy) is 1. The first-order valence-corrected chi connectivity index (χ1v) is 8.63. The summed E-state index contributed by atoms with van der Waals surface area (Å²) < 4.78 is 43.0. The van der Waals surface area contributed by atoms with Crippen molar-refractivity contribution in [2.45, 2.75) is 18.7 Å². The average Bonchev–Trinajstić information content (AvgIpc) is 2.52. The maximum Gasteiger partial charge on any atom is 0.266 e. The normalized spacial score (nSPS) is 11.1. The van der Waals surface area contributed by atoms with Crippen LogP contribution in [-0.2, 0) is 10.0 Å². The lowest BCUT2D eigenvalue weighted by Gasteiger charge is -2.11. The summed E-state index contributed by atoms with van der Waals surface area (Å²) in [5.74, 6) is -1.09. The molecule has 0 heterocycles. The summed E-state index contributed by atoms with van der Waals surface area (Å²) in [4.78, 5) is 13.5. The summed E-state index contributed by atoms with van der Waals surface area (Å²) in [7, 11) is -4.21. The molecule has 2 N–H and O–H groups in total. The van der Waals surface area contributed by atoms with Gasteiger partial charge in [-0.3, -0.25) is 10.2 Å². The van der Waals surface area contributed by atoms with Crippen LogP contribution < -0.4 is 15.0 Å². The van der Waals surface area contributed by atoms with Crippen LogP contribution in [0.5, 0.6) is 5.75 Å². The van der Waals surface area contributed by atoms with Gasteiger partial charge in [0.1, 0.15) is 16.5 Å². The molecule has 0 aliphatic rings. The largest absolute Gasteiger partial charge is 0.494 e. The molecule has 0 spiro atoms. The second-order valence-electron chi connectivity index (χ2n) is 4.96. The molecule has 2 aromatic carbocycles. The van der Waals surface area contributed by atoms with Crippen LogP contribution in [0.4, 0.5) is 4.39 Å². The maximum atomic E-state index is 13.6. The van der Waals surface area contributed by atoms with Crippen LogP contribution >= 0.6 is 0 Å². The van der Waals surface area contributed by atoms with E-state index in [9.17, 15) is 17.6 Å². The van der Waals surface area contributed by atoms with Crippen molar-refractivity contribution in [1.82, 2.24) is 10.3 Å². The molecule has 8 heteroatoms. The minimum Gasteiger partial charge on any atom is -0.494 e. The number of aryl methyl sites for hydroxylation is 1. The highest BCUT2D eigenvalue weighted by atomic mass is 32.2. The summed E-state index contributed by atoms with van der Waals surface area (Å²) in [5, 5.41) is 0. The van der Waals surface area contributed by atoms with Crippen molar-refractivity contribution in [1.29, 1.82) is 0 Å². The lowest BCUT2D eigenvalue weighted by molar-refractivity contribution is 0.0944. The van der Waals surface area contributed by atoms with E-state index in [1.54, 1.807) is 19.1 Å². The standard InChI is InChI=1S/C16H17FN2O4S/c1-3-23-13-9-11(2)8-12(10-13)16(20)18-19-24(21,22)15-7-5-4-6-14(15)17/h4-10,19H,3H2,1-2H3,(H,18,20). The van der Waals surface area contributed by atoms with Crippen LogP contribution in [0.1, 0.15) is 22.8 Å². The van der Waals surface area contributed by atoms with Crippen LogP contribution in [0.3, 0.4) is 0 Å². The molecule has 2 rings (SSSR count). The van der Waals surface area contributed by atoms with E-state index < -0.39 is 26.6 Å². The molecular weight excluding hydrogens is 335 g/mol. The number of benzene rings is 2. The fourth-order valence-electron chi connectivity index (χ4n) is 2.03. The predicted octanol–water partition coefficient (Wildman–Crippen LogP) is 2.16. The predicted molar refractivity (Wildman–Crippen MR) is 86.5 cm³/mol. The SMILES string of the molecule is CCOc1cc(C)cc(C(=O)NNS(=O)(=O)c2ccccc2F)c1. The number of amides is 1. The molecule has 0 radical (unpaired) electrons. The Morgan fingerprint density at radius 2 is 1.92 bits per heavy atom. The van der Waals surface area contributed by atoms with E-state index in [2.05, 4.69) is 5.43 Å². The molecule has 0 aliphatic carbocycles. The molecular formula is C16H17FN2O4S. The minimum absolute atomic E-state index is 0.217. The zero-order valence-electron chi connectivity index (χ0n) is 13.2. The van der Waals surface area contributed by atoms with E-state index >= 15 is 0 Å². The molecule has 0 aliphatic heterocycles. The van der Waals surface area contributed by atoms with Crippen LogP contribution in [0.25, 0.3) is 0 Å². The molecule has 24 heavy (non-hydrogen) atoms. The van der Waals surface area contributed by atoms with Crippen molar-refractivity contribution in [2.75, 3.05) is 6.61 Å². The van der Waals surface area contributed by atoms with Gasteiger partial charge in [-0.15, -0.1) is 4.83 Å². The van der Waals surface area contributed by atoms with Crippen molar-refractivity contribution in [2.24, 2.45) is 0 Å². The highest BCUT2D eigenvalue weighted by Gasteiger charge is 2.19. The first kappa shape index (κ1) is 17.9. The van der Waals surface area contributed by atoms with E-state index in [1.807, 2.05) is 11.8 Å². The third kappa shape index (κ3) is 4.30. The van der Waals surface area contributed by atoms with E-state index in [0.717, 1.165) is 17.7 Å². The van der Waals surface area contributed by atoms with E-state index in [0.29, 0.717) is 12.4 Å². The third-order valence-corrected chi connectivity index (χ3v) is 4.33. The van der Waals surface area contributed by atoms with Gasteiger partial charge in [-0.2, -0.15) is 0 Å². The molecule has 128 valence electrons. The molecule has 1 amide bonds. The number of sulfonamides is 1. The minimum atomic E-state index is -4.21. The number of halogens is 1. The summed E-state index contributed by atoms with van der Waals surface area (Å²) in [6.07, 6.45) is 0. The van der Waals surface area contributed by atoms with E-state index in [-0.39, 0.29) is 5.56 Å². The molecule has 0 atom stereocenters. The zero-order chi connectivity index (χ0) is 17.7. The first-order valence-electron chi connectivity index (χ1n) is 7.14. The van der Waals surface area contributed by atoms with Crippen LogP contribution in [-0.4, -0.2) is 20.9 Å². The number of carbonyl (C=O) groups is 1. The molecule has 0 fully saturated rings. The van der Waals surface area contributed by atoms with Crippen molar-refractivity contribution >= 4 is 15.9 Å². The molecule has 0 aromatic heterocycles. The summed E-state index contributed by atoms with van der Waals surface area (Å²) in [6.45, 7) is 4.03. The average molecular weight is 352 g/mol. The van der Waals surface area contributed by atoms with Crippen molar-refractivity contribution in [3.63, 3.8) is 0 Å². The van der Waals surface area contributed by atoms with Crippen LogP contribution in [0, 0.1) is 12.7 Å². The Labute approximate surface area is 139 Å². The number of carbonyl (C=O) groups excluding carboxylic acids is 1. The maximum absolute atomic E-state index is 13.6. The van der Waals surface area contributed by atoms with Crippen LogP contribution in [0.15, 0.2) is 47.4 Å². The molecule has 0 saturated carbocycles. The van der Waals surface area contributed by atoms with Crippen molar-refractivity contribution in [3.8, 4) is 5.75 Å². The van der Waals surface area contributed by atoms with Gasteiger partial charge < -0.3 is 4.74 Å². The summed E-state index contributed by atoms with van der Waals surface area (Å²) in [5.41, 5.74) is 3.06.